The molecule has 0 aliphatic carbocycles. The molecule has 1 aliphatic rings. The lowest BCUT2D eigenvalue weighted by Gasteiger charge is -2.29. The predicted octanol–water partition coefficient (Wildman–Crippen LogP) is 2.82. The number of benzene rings is 2. The summed E-state index contributed by atoms with van der Waals surface area (Å²) >= 11 is 0. The zero-order chi connectivity index (χ0) is 21.8. The molecular weight excluding hydrogens is 405 g/mol. The SMILES string of the molecule is O=C(O)NCCOc1c(-c2ccc(N3CCOCC3)cc2)[nH]c(=O)c2cc(F)ccc12. The third-order valence-electron chi connectivity index (χ3n) is 5.09. The van der Waals surface area contributed by atoms with Crippen molar-refractivity contribution in [3.8, 4) is 17.0 Å². The van der Waals surface area contributed by atoms with E-state index in [0.717, 1.165) is 30.4 Å². The number of carboxylic acid groups (broad SMARTS) is 1. The number of hydrogen-bond acceptors (Lipinski definition) is 5. The minimum atomic E-state index is -1.16. The average molecular weight is 427 g/mol. The molecule has 0 atom stereocenters. The Morgan fingerprint density at radius 1 is 1.16 bits per heavy atom. The largest absolute Gasteiger partial charge is 0.489 e. The van der Waals surface area contributed by atoms with Crippen LogP contribution >= 0.6 is 0 Å². The van der Waals surface area contributed by atoms with Gasteiger partial charge in [0, 0.05) is 29.7 Å². The Bertz CT molecular complexity index is 1140. The number of fused-ring (bicyclic) bond motifs is 1. The van der Waals surface area contributed by atoms with Gasteiger partial charge in [-0.1, -0.05) is 12.1 Å². The van der Waals surface area contributed by atoms with Crippen molar-refractivity contribution < 1.29 is 23.8 Å². The van der Waals surface area contributed by atoms with Crippen molar-refractivity contribution in [3.63, 3.8) is 0 Å². The third kappa shape index (κ3) is 4.61. The van der Waals surface area contributed by atoms with E-state index < -0.39 is 17.5 Å². The van der Waals surface area contributed by atoms with Crippen molar-refractivity contribution in [2.24, 2.45) is 0 Å². The second-order valence-electron chi connectivity index (χ2n) is 7.07. The summed E-state index contributed by atoms with van der Waals surface area (Å²) in [6.07, 6.45) is -1.16. The Labute approximate surface area is 177 Å². The molecule has 2 heterocycles. The van der Waals surface area contributed by atoms with E-state index in [9.17, 15) is 14.0 Å². The van der Waals surface area contributed by atoms with Gasteiger partial charge in [0.05, 0.1) is 30.8 Å². The van der Waals surface area contributed by atoms with Crippen LogP contribution in [0.2, 0.25) is 0 Å². The molecule has 1 amide bonds. The maximum Gasteiger partial charge on any atom is 0.404 e. The molecule has 31 heavy (non-hydrogen) atoms. The number of anilines is 1. The summed E-state index contributed by atoms with van der Waals surface area (Å²) in [4.78, 5) is 28.3. The van der Waals surface area contributed by atoms with Gasteiger partial charge in [-0.3, -0.25) is 4.79 Å². The number of pyridine rings is 1. The number of aromatic amines is 1. The first kappa shape index (κ1) is 20.7. The lowest BCUT2D eigenvalue weighted by Crippen LogP contribution is -2.36. The molecule has 1 aliphatic heterocycles. The Balaban J connectivity index is 1.71. The quantitative estimate of drug-likeness (QED) is 0.523. The first-order chi connectivity index (χ1) is 15.0. The van der Waals surface area contributed by atoms with Crippen LogP contribution in [0.15, 0.2) is 47.3 Å². The van der Waals surface area contributed by atoms with E-state index >= 15 is 0 Å². The lowest BCUT2D eigenvalue weighted by atomic mass is 10.0. The second-order valence-corrected chi connectivity index (χ2v) is 7.07. The number of H-pyrrole nitrogens is 1. The molecule has 3 N–H and O–H groups in total. The summed E-state index contributed by atoms with van der Waals surface area (Å²) in [5.74, 6) is -0.167. The van der Waals surface area contributed by atoms with Gasteiger partial charge in [-0.2, -0.15) is 0 Å². The molecule has 9 heteroatoms. The first-order valence-electron chi connectivity index (χ1n) is 9.91. The maximum absolute atomic E-state index is 13.7. The van der Waals surface area contributed by atoms with Crippen molar-refractivity contribution >= 4 is 22.6 Å². The van der Waals surface area contributed by atoms with Crippen LogP contribution in [0.4, 0.5) is 14.9 Å². The van der Waals surface area contributed by atoms with Crippen molar-refractivity contribution in [2.45, 2.75) is 0 Å². The monoisotopic (exact) mass is 427 g/mol. The van der Waals surface area contributed by atoms with Gasteiger partial charge in [0.25, 0.3) is 5.56 Å². The zero-order valence-electron chi connectivity index (χ0n) is 16.7. The third-order valence-corrected chi connectivity index (χ3v) is 5.09. The lowest BCUT2D eigenvalue weighted by molar-refractivity contribution is 0.122. The van der Waals surface area contributed by atoms with Gasteiger partial charge >= 0.3 is 6.09 Å². The maximum atomic E-state index is 13.7. The van der Waals surface area contributed by atoms with Crippen LogP contribution in [-0.4, -0.2) is 55.6 Å². The molecule has 1 fully saturated rings. The molecule has 0 bridgehead atoms. The van der Waals surface area contributed by atoms with Gasteiger partial charge in [-0.25, -0.2) is 9.18 Å². The normalized spacial score (nSPS) is 13.9. The molecule has 4 rings (SSSR count). The number of carbonyl (C=O) groups is 1. The number of morpholine rings is 1. The van der Waals surface area contributed by atoms with E-state index in [4.69, 9.17) is 14.6 Å². The summed E-state index contributed by atoms with van der Waals surface area (Å²) < 4.78 is 24.9. The van der Waals surface area contributed by atoms with Crippen LogP contribution in [0.25, 0.3) is 22.0 Å². The fourth-order valence-corrected chi connectivity index (χ4v) is 3.60. The van der Waals surface area contributed by atoms with Crippen LogP contribution in [0.5, 0.6) is 5.75 Å². The smallest absolute Gasteiger partial charge is 0.404 e. The molecule has 0 spiro atoms. The van der Waals surface area contributed by atoms with Crippen molar-refractivity contribution in [1.82, 2.24) is 10.3 Å². The van der Waals surface area contributed by atoms with Gasteiger partial charge in [0.15, 0.2) is 5.75 Å². The highest BCUT2D eigenvalue weighted by Crippen LogP contribution is 2.34. The van der Waals surface area contributed by atoms with Crippen LogP contribution in [0, 0.1) is 5.82 Å². The van der Waals surface area contributed by atoms with Gasteiger partial charge in [-0.15, -0.1) is 0 Å². The molecule has 162 valence electrons. The highest BCUT2D eigenvalue weighted by atomic mass is 19.1. The Morgan fingerprint density at radius 2 is 1.90 bits per heavy atom. The Kier molecular flexibility index (Phi) is 6.03. The fourth-order valence-electron chi connectivity index (χ4n) is 3.60. The van der Waals surface area contributed by atoms with Crippen LogP contribution in [0.3, 0.4) is 0 Å². The summed E-state index contributed by atoms with van der Waals surface area (Å²) in [5.41, 5.74) is 1.79. The van der Waals surface area contributed by atoms with Gasteiger partial charge < -0.3 is 29.8 Å². The van der Waals surface area contributed by atoms with Gasteiger partial charge in [-0.05, 0) is 30.3 Å². The number of rotatable bonds is 6. The number of ether oxygens (including phenoxy) is 2. The highest BCUT2D eigenvalue weighted by molar-refractivity contribution is 5.93. The standard InChI is InChI=1S/C22H22FN3O5/c23-15-3-6-17-18(13-15)21(27)25-19(20(17)31-10-7-24-22(28)29)14-1-4-16(5-2-14)26-8-11-30-12-9-26/h1-6,13,24H,7-12H2,(H,25,27)(H,28,29). The molecule has 1 aromatic heterocycles. The molecule has 1 saturated heterocycles. The molecule has 3 aromatic rings. The van der Waals surface area contributed by atoms with Crippen LogP contribution in [-0.2, 0) is 4.74 Å². The minimum Gasteiger partial charge on any atom is -0.489 e. The molecule has 0 unspecified atom stereocenters. The van der Waals surface area contributed by atoms with E-state index in [2.05, 4.69) is 15.2 Å². The summed E-state index contributed by atoms with van der Waals surface area (Å²) in [7, 11) is 0. The first-order valence-corrected chi connectivity index (χ1v) is 9.91. The van der Waals surface area contributed by atoms with Crippen molar-refractivity contribution in [3.05, 3.63) is 58.6 Å². The van der Waals surface area contributed by atoms with Gasteiger partial charge in [0.1, 0.15) is 12.4 Å². The number of amides is 1. The van der Waals surface area contributed by atoms with Crippen LogP contribution in [0.1, 0.15) is 0 Å². The van der Waals surface area contributed by atoms with E-state index in [1.165, 1.54) is 12.1 Å². The summed E-state index contributed by atoms with van der Waals surface area (Å²) in [6.45, 7) is 3.08. The zero-order valence-corrected chi connectivity index (χ0v) is 16.7. The average Bonchev–Trinajstić information content (AvgIpc) is 2.78. The number of halogens is 1. The Hall–Kier alpha value is -3.59. The van der Waals surface area contributed by atoms with E-state index in [1.54, 1.807) is 0 Å². The molecule has 2 aromatic carbocycles. The van der Waals surface area contributed by atoms with E-state index in [1.807, 2.05) is 24.3 Å². The topological polar surface area (TPSA) is 104 Å². The molecule has 0 radical (unpaired) electrons. The molecule has 8 nitrogen and oxygen atoms in total. The van der Waals surface area contributed by atoms with E-state index in [-0.39, 0.29) is 18.5 Å². The second kappa shape index (κ2) is 9.05. The minimum absolute atomic E-state index is 0.0453. The van der Waals surface area contributed by atoms with Crippen molar-refractivity contribution in [2.75, 3.05) is 44.4 Å². The van der Waals surface area contributed by atoms with Crippen molar-refractivity contribution in [1.29, 1.82) is 0 Å². The number of nitrogens with one attached hydrogen (secondary N) is 2. The summed E-state index contributed by atoms with van der Waals surface area (Å²) in [5, 5.41) is 11.6. The predicted molar refractivity (Wildman–Crippen MR) is 115 cm³/mol. The van der Waals surface area contributed by atoms with Gasteiger partial charge in [0.2, 0.25) is 0 Å². The number of hydrogen-bond donors (Lipinski definition) is 3. The fraction of sp³-hybridized carbons (Fsp3) is 0.273. The Morgan fingerprint density at radius 3 is 2.61 bits per heavy atom. The highest BCUT2D eigenvalue weighted by Gasteiger charge is 2.17. The number of aromatic nitrogens is 1. The number of nitrogens with zero attached hydrogens (tertiary/aromatic N) is 1. The van der Waals surface area contributed by atoms with E-state index in [0.29, 0.717) is 30.0 Å². The summed E-state index contributed by atoms with van der Waals surface area (Å²) in [6, 6.07) is 11.6. The van der Waals surface area contributed by atoms with Crippen LogP contribution < -0.4 is 20.5 Å². The molecule has 0 saturated carbocycles. The molecular formula is C22H22FN3O5.